The molecule has 2 aromatic carbocycles. The van der Waals surface area contributed by atoms with Gasteiger partial charge in [0.15, 0.2) is 11.5 Å². The number of hydrogen-bond donors (Lipinski definition) is 1. The molecule has 0 saturated carbocycles. The number of carbonyl (C=O) groups excluding carboxylic acids is 1. The number of carbonyl (C=O) groups is 1. The summed E-state index contributed by atoms with van der Waals surface area (Å²) in [5.74, 6) is -0.331. The number of ether oxygens (including phenoxy) is 3. The van der Waals surface area contributed by atoms with E-state index in [2.05, 4.69) is 16.4 Å². The Morgan fingerprint density at radius 1 is 1.14 bits per heavy atom. The molecule has 3 aromatic rings. The van der Waals surface area contributed by atoms with Crippen LogP contribution in [0.25, 0.3) is 0 Å². The molecule has 5 rings (SSSR count). The van der Waals surface area contributed by atoms with E-state index in [1.165, 1.54) is 23.9 Å². The van der Waals surface area contributed by atoms with Crippen molar-refractivity contribution in [2.75, 3.05) is 13.2 Å². The van der Waals surface area contributed by atoms with E-state index in [4.69, 9.17) is 14.2 Å². The number of amides is 1. The van der Waals surface area contributed by atoms with Crippen molar-refractivity contribution >= 4 is 5.91 Å². The van der Waals surface area contributed by atoms with Crippen LogP contribution >= 0.6 is 0 Å². The van der Waals surface area contributed by atoms with Crippen molar-refractivity contribution in [3.63, 3.8) is 0 Å². The first-order valence-electron chi connectivity index (χ1n) is 11.3. The van der Waals surface area contributed by atoms with Crippen molar-refractivity contribution in [1.82, 2.24) is 10.3 Å². The van der Waals surface area contributed by atoms with E-state index in [0.717, 1.165) is 42.5 Å². The molecule has 0 fully saturated rings. The summed E-state index contributed by atoms with van der Waals surface area (Å²) < 4.78 is 56.5. The number of alkyl halides is 3. The third kappa shape index (κ3) is 4.76. The maximum Gasteiger partial charge on any atom is 0.416 e. The lowest BCUT2D eigenvalue weighted by atomic mass is 9.86. The van der Waals surface area contributed by atoms with E-state index in [9.17, 15) is 18.0 Å². The van der Waals surface area contributed by atoms with E-state index in [-0.39, 0.29) is 47.9 Å². The highest BCUT2D eigenvalue weighted by atomic mass is 19.4. The molecular formula is C26H23F3N2O4. The van der Waals surface area contributed by atoms with Gasteiger partial charge < -0.3 is 19.5 Å². The van der Waals surface area contributed by atoms with E-state index < -0.39 is 17.6 Å². The zero-order chi connectivity index (χ0) is 24.6. The van der Waals surface area contributed by atoms with Crippen LogP contribution in [0.4, 0.5) is 13.2 Å². The fourth-order valence-corrected chi connectivity index (χ4v) is 4.46. The molecule has 2 aliphatic rings. The second kappa shape index (κ2) is 9.13. The van der Waals surface area contributed by atoms with Gasteiger partial charge in [-0.2, -0.15) is 13.2 Å². The molecule has 1 N–H and O–H groups in total. The first-order chi connectivity index (χ1) is 16.8. The maximum atomic E-state index is 13.6. The fourth-order valence-electron chi connectivity index (χ4n) is 4.46. The quantitative estimate of drug-likeness (QED) is 0.509. The monoisotopic (exact) mass is 484 g/mol. The minimum atomic E-state index is -4.53. The summed E-state index contributed by atoms with van der Waals surface area (Å²) in [6.07, 6.45) is -0.646. The van der Waals surface area contributed by atoms with Crippen molar-refractivity contribution in [2.24, 2.45) is 0 Å². The van der Waals surface area contributed by atoms with Gasteiger partial charge in [0.25, 0.3) is 11.8 Å². The van der Waals surface area contributed by atoms with Crippen molar-refractivity contribution in [3.8, 4) is 23.1 Å². The predicted molar refractivity (Wildman–Crippen MR) is 121 cm³/mol. The Hall–Kier alpha value is -3.75. The van der Waals surface area contributed by atoms with E-state index in [1.807, 2.05) is 19.1 Å². The molecular weight excluding hydrogens is 461 g/mol. The molecule has 1 aliphatic heterocycles. The van der Waals surface area contributed by atoms with Crippen LogP contribution in [0, 0.1) is 6.92 Å². The standard InChI is InChI=1S/C26H23F3N2O4/c1-15-8-9-19-16(12-15)4-2-7-20(19)31-24(32)22-21(14-30-25-23(22)33-10-11-34-25)35-18-6-3-5-17(13-18)26(27,28)29/h3,5-6,8-9,12-14,20H,2,4,7,10-11H2,1H3,(H,31,32)/t20-/m0/s1. The van der Waals surface area contributed by atoms with Gasteiger partial charge in [0.05, 0.1) is 17.8 Å². The molecule has 0 saturated heterocycles. The Morgan fingerprint density at radius 2 is 1.97 bits per heavy atom. The number of halogens is 3. The van der Waals surface area contributed by atoms with Crippen molar-refractivity contribution < 1.29 is 32.2 Å². The van der Waals surface area contributed by atoms with Gasteiger partial charge in [-0.15, -0.1) is 0 Å². The SMILES string of the molecule is Cc1ccc2c(c1)CCC[C@@H]2NC(=O)c1c(Oc2cccc(C(F)(F)F)c2)cnc2c1OCCO2. The maximum absolute atomic E-state index is 13.6. The van der Waals surface area contributed by atoms with Crippen molar-refractivity contribution in [1.29, 1.82) is 0 Å². The van der Waals surface area contributed by atoms with Crippen LogP contribution in [0.5, 0.6) is 23.1 Å². The molecule has 9 heteroatoms. The van der Waals surface area contributed by atoms with Crippen molar-refractivity contribution in [2.45, 2.75) is 38.4 Å². The van der Waals surface area contributed by atoms with Gasteiger partial charge in [0.1, 0.15) is 24.5 Å². The third-order valence-corrected chi connectivity index (χ3v) is 6.07. The second-order valence-corrected chi connectivity index (χ2v) is 8.58. The van der Waals surface area contributed by atoms with Gasteiger partial charge in [0, 0.05) is 0 Å². The molecule has 6 nitrogen and oxygen atoms in total. The van der Waals surface area contributed by atoms with Gasteiger partial charge in [-0.25, -0.2) is 4.98 Å². The topological polar surface area (TPSA) is 69.7 Å². The zero-order valence-corrected chi connectivity index (χ0v) is 18.9. The normalized spacial score (nSPS) is 16.9. The highest BCUT2D eigenvalue weighted by molar-refractivity contribution is 6.00. The largest absolute Gasteiger partial charge is 0.484 e. The number of pyridine rings is 1. The first-order valence-corrected chi connectivity index (χ1v) is 11.3. The molecule has 35 heavy (non-hydrogen) atoms. The van der Waals surface area contributed by atoms with Crippen LogP contribution in [0.15, 0.2) is 48.7 Å². The van der Waals surface area contributed by atoms with Gasteiger partial charge in [-0.1, -0.05) is 29.8 Å². The van der Waals surface area contributed by atoms with E-state index in [0.29, 0.717) is 0 Å². The lowest BCUT2D eigenvalue weighted by Gasteiger charge is -2.28. The molecule has 1 aliphatic carbocycles. The summed E-state index contributed by atoms with van der Waals surface area (Å²) in [7, 11) is 0. The van der Waals surface area contributed by atoms with Crippen LogP contribution in [-0.4, -0.2) is 24.1 Å². The lowest BCUT2D eigenvalue weighted by molar-refractivity contribution is -0.137. The molecule has 1 aromatic heterocycles. The molecule has 1 amide bonds. The Kier molecular flexibility index (Phi) is 6.00. The molecule has 0 spiro atoms. The van der Waals surface area contributed by atoms with Gasteiger partial charge in [0.2, 0.25) is 0 Å². The van der Waals surface area contributed by atoms with Crippen LogP contribution in [0.2, 0.25) is 0 Å². The third-order valence-electron chi connectivity index (χ3n) is 6.07. The number of fused-ring (bicyclic) bond motifs is 2. The molecule has 182 valence electrons. The summed E-state index contributed by atoms with van der Waals surface area (Å²) in [6.45, 7) is 2.50. The first kappa shape index (κ1) is 23.0. The average Bonchev–Trinajstić information content (AvgIpc) is 2.83. The number of nitrogens with one attached hydrogen (secondary N) is 1. The minimum absolute atomic E-state index is 0.0222. The minimum Gasteiger partial charge on any atom is -0.484 e. The smallest absolute Gasteiger partial charge is 0.416 e. The van der Waals surface area contributed by atoms with E-state index in [1.54, 1.807) is 0 Å². The number of benzene rings is 2. The van der Waals surface area contributed by atoms with Crippen molar-refractivity contribution in [3.05, 3.63) is 76.5 Å². The number of nitrogens with zero attached hydrogens (tertiary/aromatic N) is 1. The number of rotatable bonds is 4. The number of hydrogen-bond acceptors (Lipinski definition) is 5. The van der Waals surface area contributed by atoms with Gasteiger partial charge >= 0.3 is 6.18 Å². The number of aromatic nitrogens is 1. The highest BCUT2D eigenvalue weighted by Gasteiger charge is 2.32. The molecule has 0 unspecified atom stereocenters. The summed E-state index contributed by atoms with van der Waals surface area (Å²) in [5, 5.41) is 3.06. The van der Waals surface area contributed by atoms with Gasteiger partial charge in [-0.05, 0) is 55.5 Å². The molecule has 0 bridgehead atoms. The van der Waals surface area contributed by atoms with E-state index >= 15 is 0 Å². The Labute approximate surface area is 200 Å². The van der Waals surface area contributed by atoms with Crippen LogP contribution < -0.4 is 19.5 Å². The molecule has 0 radical (unpaired) electrons. The zero-order valence-electron chi connectivity index (χ0n) is 18.9. The van der Waals surface area contributed by atoms with Crippen LogP contribution in [0.1, 0.15) is 51.5 Å². The van der Waals surface area contributed by atoms with Crippen LogP contribution in [0.3, 0.4) is 0 Å². The Morgan fingerprint density at radius 3 is 2.80 bits per heavy atom. The lowest BCUT2D eigenvalue weighted by Crippen LogP contribution is -2.32. The summed E-state index contributed by atoms with van der Waals surface area (Å²) in [6, 6.07) is 10.4. The van der Waals surface area contributed by atoms with Crippen LogP contribution in [-0.2, 0) is 12.6 Å². The Bertz CT molecular complexity index is 1280. The summed E-state index contributed by atoms with van der Waals surface area (Å²) >= 11 is 0. The fraction of sp³-hybridized carbons (Fsp3) is 0.308. The predicted octanol–water partition coefficient (Wildman–Crippen LogP) is 5.78. The summed E-state index contributed by atoms with van der Waals surface area (Å²) in [4.78, 5) is 17.7. The molecule has 1 atom stereocenters. The Balaban J connectivity index is 1.49. The number of aryl methyl sites for hydroxylation is 2. The van der Waals surface area contributed by atoms with Gasteiger partial charge in [-0.3, -0.25) is 4.79 Å². The summed E-state index contributed by atoms with van der Waals surface area (Å²) in [5.41, 5.74) is 2.57. The molecule has 2 heterocycles. The second-order valence-electron chi connectivity index (χ2n) is 8.58. The average molecular weight is 484 g/mol. The highest BCUT2D eigenvalue weighted by Crippen LogP contribution is 2.41.